The molecule has 8 rings (SSSR count). The van der Waals surface area contributed by atoms with Gasteiger partial charge in [-0.25, -0.2) is 14.5 Å². The Hall–Kier alpha value is -5.99. The molecule has 3 aromatic carbocycles. The number of carbonyl (C=O) groups excluding carboxylic acids is 3. The van der Waals surface area contributed by atoms with Gasteiger partial charge in [-0.3, -0.25) is 24.1 Å². The van der Waals surface area contributed by atoms with Gasteiger partial charge < -0.3 is 24.3 Å². The highest BCUT2D eigenvalue weighted by atomic mass is 19.1. The second-order valence-electron chi connectivity index (χ2n) is 16.4. The summed E-state index contributed by atoms with van der Waals surface area (Å²) in [5.41, 5.74) is 4.60. The Labute approximate surface area is 355 Å². The molecule has 13 nitrogen and oxygen atoms in total. The Morgan fingerprint density at radius 2 is 1.46 bits per heavy atom. The summed E-state index contributed by atoms with van der Waals surface area (Å²) in [6, 6.07) is 21.9. The van der Waals surface area contributed by atoms with Crippen molar-refractivity contribution in [3.05, 3.63) is 123 Å². The van der Waals surface area contributed by atoms with Crippen LogP contribution in [0.15, 0.2) is 83.8 Å². The topological polar surface area (TPSA) is 135 Å². The average Bonchev–Trinajstić information content (AvgIpc) is 3.31. The molecule has 3 fully saturated rings. The molecule has 0 aliphatic carbocycles. The van der Waals surface area contributed by atoms with E-state index in [1.54, 1.807) is 47.4 Å². The number of halogens is 1. The van der Waals surface area contributed by atoms with Gasteiger partial charge in [-0.1, -0.05) is 55.5 Å². The molecule has 1 N–H and O–H groups in total. The third-order valence-corrected chi connectivity index (χ3v) is 12.5. The molecular weight excluding hydrogens is 776 g/mol. The van der Waals surface area contributed by atoms with E-state index in [1.807, 2.05) is 35.2 Å². The molecule has 3 saturated heterocycles. The molecule has 2 aromatic heterocycles. The number of piperazine rings is 2. The fourth-order valence-electron chi connectivity index (χ4n) is 8.82. The van der Waals surface area contributed by atoms with Crippen LogP contribution in [0, 0.1) is 11.7 Å². The number of nitrogens with zero attached hydrogens (tertiary/aromatic N) is 7. The second-order valence-corrected chi connectivity index (χ2v) is 16.4. The second kappa shape index (κ2) is 18.7. The number of nitrogens with one attached hydrogen (secondary N) is 1. The predicted molar refractivity (Wildman–Crippen MR) is 231 cm³/mol. The van der Waals surface area contributed by atoms with Crippen LogP contribution in [0.3, 0.4) is 0 Å². The van der Waals surface area contributed by atoms with Crippen molar-refractivity contribution < 1.29 is 23.5 Å². The van der Waals surface area contributed by atoms with E-state index >= 15 is 4.39 Å². The van der Waals surface area contributed by atoms with E-state index in [0.29, 0.717) is 91.6 Å². The normalized spacial score (nSPS) is 16.9. The van der Waals surface area contributed by atoms with Crippen LogP contribution >= 0.6 is 0 Å². The van der Waals surface area contributed by atoms with E-state index in [2.05, 4.69) is 44.0 Å². The number of fused-ring (bicyclic) bond motifs is 1. The first-order valence-electron chi connectivity index (χ1n) is 21.4. The Kier molecular flexibility index (Phi) is 12.8. The van der Waals surface area contributed by atoms with E-state index in [0.717, 1.165) is 63.1 Å². The Balaban J connectivity index is 0.762. The van der Waals surface area contributed by atoms with Crippen molar-refractivity contribution in [1.29, 1.82) is 0 Å². The van der Waals surface area contributed by atoms with Gasteiger partial charge >= 0.3 is 0 Å². The lowest BCUT2D eigenvalue weighted by atomic mass is 9.95. The minimum atomic E-state index is -0.601. The van der Waals surface area contributed by atoms with E-state index in [1.165, 1.54) is 11.6 Å². The van der Waals surface area contributed by atoms with Gasteiger partial charge in [0.05, 0.1) is 30.3 Å². The number of amides is 3. The number of likely N-dealkylation sites (tertiary alicyclic amines) is 1. The van der Waals surface area contributed by atoms with Gasteiger partial charge in [0.25, 0.3) is 17.4 Å². The standard InChI is InChI=1S/C47H53FN8O5/c1-3-32-7-6-8-35(25-32)36-28-42(61-2)44(49-29-36)47(60)55-15-13-33(14-16-55)30-52-17-19-53(20-18-52)31-43(57)54-21-23-56(24-22-54)46(59)39-26-34(11-12-40(39)48)27-41-37-9-4-5-10-38(37)45(58)51-50-41/h4-12,25-26,28-29,33H,3,13-24,27,30-31H2,1-2H3,(H,51,58). The van der Waals surface area contributed by atoms with Crippen LogP contribution in [0.2, 0.25) is 0 Å². The van der Waals surface area contributed by atoms with Crippen LogP contribution in [0.25, 0.3) is 21.9 Å². The fourth-order valence-corrected chi connectivity index (χ4v) is 8.82. The third kappa shape index (κ3) is 9.50. The molecule has 3 aliphatic heterocycles. The van der Waals surface area contributed by atoms with Crippen molar-refractivity contribution in [3.63, 3.8) is 0 Å². The summed E-state index contributed by atoms with van der Waals surface area (Å²) in [4.78, 5) is 67.3. The summed E-state index contributed by atoms with van der Waals surface area (Å²) in [7, 11) is 1.58. The summed E-state index contributed by atoms with van der Waals surface area (Å²) in [6.07, 6.45) is 4.87. The number of hydrogen-bond acceptors (Lipinski definition) is 9. The number of aromatic amines is 1. The average molecular weight is 829 g/mol. The highest BCUT2D eigenvalue weighted by Gasteiger charge is 2.31. The lowest BCUT2D eigenvalue weighted by Crippen LogP contribution is -2.55. The number of piperidine rings is 1. The molecule has 0 atom stereocenters. The van der Waals surface area contributed by atoms with Crippen molar-refractivity contribution in [2.24, 2.45) is 5.92 Å². The maximum absolute atomic E-state index is 15.0. The number of ether oxygens (including phenoxy) is 1. The Morgan fingerprint density at radius 1 is 0.754 bits per heavy atom. The van der Waals surface area contributed by atoms with Crippen molar-refractivity contribution >= 4 is 28.5 Å². The van der Waals surface area contributed by atoms with Gasteiger partial charge in [-0.2, -0.15) is 5.10 Å². The molecule has 3 amide bonds. The lowest BCUT2D eigenvalue weighted by Gasteiger charge is -2.40. The van der Waals surface area contributed by atoms with E-state index < -0.39 is 11.7 Å². The zero-order valence-corrected chi connectivity index (χ0v) is 34.9. The summed E-state index contributed by atoms with van der Waals surface area (Å²) in [6.45, 7) is 9.56. The number of methoxy groups -OCH3 is 1. The van der Waals surface area contributed by atoms with Gasteiger partial charge in [-0.05, 0) is 66.1 Å². The molecule has 318 valence electrons. The van der Waals surface area contributed by atoms with Gasteiger partial charge in [-0.15, -0.1) is 0 Å². The number of pyridine rings is 1. The fraction of sp³-hybridized carbons (Fsp3) is 0.404. The molecule has 3 aliphatic rings. The largest absolute Gasteiger partial charge is 0.494 e. The number of H-pyrrole nitrogens is 1. The van der Waals surface area contributed by atoms with Gasteiger partial charge in [0, 0.05) is 95.6 Å². The highest BCUT2D eigenvalue weighted by Crippen LogP contribution is 2.29. The number of carbonyl (C=O) groups is 3. The van der Waals surface area contributed by atoms with Crippen LogP contribution in [-0.2, 0) is 17.6 Å². The number of hydrogen-bond donors (Lipinski definition) is 1. The van der Waals surface area contributed by atoms with E-state index in [-0.39, 0.29) is 22.9 Å². The first-order chi connectivity index (χ1) is 29.7. The molecule has 0 bridgehead atoms. The van der Waals surface area contributed by atoms with Crippen LogP contribution in [0.4, 0.5) is 4.39 Å². The third-order valence-electron chi connectivity index (χ3n) is 12.5. The van der Waals surface area contributed by atoms with Crippen molar-refractivity contribution in [2.45, 2.75) is 32.6 Å². The molecule has 0 unspecified atom stereocenters. The summed E-state index contributed by atoms with van der Waals surface area (Å²) >= 11 is 0. The quantitative estimate of drug-likeness (QED) is 0.201. The monoisotopic (exact) mass is 828 g/mol. The van der Waals surface area contributed by atoms with Crippen molar-refractivity contribution in [3.8, 4) is 16.9 Å². The van der Waals surface area contributed by atoms with Crippen LogP contribution < -0.4 is 10.3 Å². The van der Waals surface area contributed by atoms with Crippen molar-refractivity contribution in [2.75, 3.05) is 85.6 Å². The minimum Gasteiger partial charge on any atom is -0.494 e. The Bertz CT molecular complexity index is 2450. The number of aryl methyl sites for hydroxylation is 1. The summed E-state index contributed by atoms with van der Waals surface area (Å²) in [5, 5.41) is 7.99. The maximum atomic E-state index is 15.0. The van der Waals surface area contributed by atoms with E-state index in [9.17, 15) is 19.2 Å². The molecule has 0 saturated carbocycles. The van der Waals surface area contributed by atoms with Gasteiger partial charge in [0.2, 0.25) is 5.91 Å². The number of aromatic nitrogens is 3. The lowest BCUT2D eigenvalue weighted by molar-refractivity contribution is -0.134. The molecule has 0 radical (unpaired) electrons. The van der Waals surface area contributed by atoms with E-state index in [4.69, 9.17) is 4.74 Å². The van der Waals surface area contributed by atoms with Crippen LogP contribution in [-0.4, -0.2) is 143 Å². The number of benzene rings is 3. The molecule has 0 spiro atoms. The zero-order valence-electron chi connectivity index (χ0n) is 34.9. The first kappa shape index (κ1) is 41.7. The SMILES string of the molecule is CCc1cccc(-c2cnc(C(=O)N3CCC(CN4CCN(CC(=O)N5CCN(C(=O)c6cc(Cc7n[nH]c(=O)c8ccccc78)ccc6F)CC5)CC4)CC3)c(OC)c2)c1. The molecule has 61 heavy (non-hydrogen) atoms. The maximum Gasteiger partial charge on any atom is 0.276 e. The van der Waals surface area contributed by atoms with Crippen LogP contribution in [0.1, 0.15) is 57.4 Å². The Morgan fingerprint density at radius 3 is 2.20 bits per heavy atom. The molecule has 5 heterocycles. The zero-order chi connectivity index (χ0) is 42.5. The van der Waals surface area contributed by atoms with Gasteiger partial charge in [0.1, 0.15) is 5.82 Å². The highest BCUT2D eigenvalue weighted by molar-refractivity contribution is 5.96. The summed E-state index contributed by atoms with van der Waals surface area (Å²) in [5.74, 6) is -0.0854. The van der Waals surface area contributed by atoms with Crippen LogP contribution in [0.5, 0.6) is 5.75 Å². The first-order valence-corrected chi connectivity index (χ1v) is 21.4. The molecule has 14 heteroatoms. The van der Waals surface area contributed by atoms with Gasteiger partial charge in [0.15, 0.2) is 11.4 Å². The van der Waals surface area contributed by atoms with Crippen molar-refractivity contribution in [1.82, 2.24) is 39.7 Å². The minimum absolute atomic E-state index is 0.0174. The number of rotatable bonds is 11. The molecular formula is C47H53FN8O5. The smallest absolute Gasteiger partial charge is 0.276 e. The molecule has 5 aromatic rings. The predicted octanol–water partition coefficient (Wildman–Crippen LogP) is 4.74. The summed E-state index contributed by atoms with van der Waals surface area (Å²) < 4.78 is 20.7.